The number of halogens is 1. The molecule has 1 atom stereocenters. The first-order valence-electron chi connectivity index (χ1n) is 14.7. The average molecular weight is 696 g/mol. The molecule has 0 spiro atoms. The molecular formula is C33H30ClN3O8S2. The van der Waals surface area contributed by atoms with Crippen LogP contribution in [0.3, 0.4) is 0 Å². The highest BCUT2D eigenvalue weighted by atomic mass is 35.5. The van der Waals surface area contributed by atoms with Crippen molar-refractivity contribution in [1.82, 2.24) is 13.3 Å². The molecule has 5 aromatic rings. The SMILES string of the molecule is CCOC(=O)c1c(S(=O)(=O)N2CCO[C@H](COc3ccc(-c4cccnc4)cc3)C2)c2cc(Cl)ccc2n1S(=O)(=O)c1ccccc1. The van der Waals surface area contributed by atoms with Gasteiger partial charge < -0.3 is 14.2 Å². The summed E-state index contributed by atoms with van der Waals surface area (Å²) in [6.07, 6.45) is 2.80. The number of benzene rings is 3. The van der Waals surface area contributed by atoms with Crippen LogP contribution in [0, 0.1) is 0 Å². The first-order chi connectivity index (χ1) is 22.6. The van der Waals surface area contributed by atoms with Crippen molar-refractivity contribution in [3.63, 3.8) is 0 Å². The van der Waals surface area contributed by atoms with E-state index in [0.29, 0.717) is 5.75 Å². The van der Waals surface area contributed by atoms with Gasteiger partial charge in [-0.05, 0) is 66.6 Å². The largest absolute Gasteiger partial charge is 0.491 e. The topological polar surface area (TPSA) is 134 Å². The molecule has 47 heavy (non-hydrogen) atoms. The number of hydrogen-bond donors (Lipinski definition) is 0. The van der Waals surface area contributed by atoms with Crippen molar-refractivity contribution in [1.29, 1.82) is 0 Å². The molecule has 1 fully saturated rings. The van der Waals surface area contributed by atoms with Crippen molar-refractivity contribution in [3.8, 4) is 16.9 Å². The lowest BCUT2D eigenvalue weighted by Crippen LogP contribution is -2.47. The van der Waals surface area contributed by atoms with E-state index in [-0.39, 0.29) is 53.7 Å². The maximum absolute atomic E-state index is 14.5. The van der Waals surface area contributed by atoms with Crippen LogP contribution in [-0.4, -0.2) is 75.1 Å². The van der Waals surface area contributed by atoms with Gasteiger partial charge in [-0.3, -0.25) is 4.98 Å². The number of fused-ring (bicyclic) bond motifs is 1. The molecular weight excluding hydrogens is 666 g/mol. The third-order valence-electron chi connectivity index (χ3n) is 7.57. The summed E-state index contributed by atoms with van der Waals surface area (Å²) in [6.45, 7) is 1.35. The van der Waals surface area contributed by atoms with Crippen LogP contribution in [0.1, 0.15) is 17.4 Å². The van der Waals surface area contributed by atoms with Crippen molar-refractivity contribution >= 4 is 48.5 Å². The van der Waals surface area contributed by atoms with Crippen molar-refractivity contribution in [2.24, 2.45) is 0 Å². The number of nitrogens with zero attached hydrogens (tertiary/aromatic N) is 3. The Labute approximate surface area is 277 Å². The molecule has 1 aliphatic heterocycles. The molecule has 244 valence electrons. The molecule has 0 saturated carbocycles. The fourth-order valence-corrected chi connectivity index (χ4v) is 8.96. The molecule has 0 radical (unpaired) electrons. The Morgan fingerprint density at radius 1 is 0.957 bits per heavy atom. The number of sulfonamides is 1. The Bertz CT molecular complexity index is 2120. The van der Waals surface area contributed by atoms with Crippen molar-refractivity contribution < 1.29 is 35.8 Å². The van der Waals surface area contributed by atoms with Crippen LogP contribution in [0.2, 0.25) is 5.02 Å². The van der Waals surface area contributed by atoms with E-state index in [9.17, 15) is 21.6 Å². The summed E-state index contributed by atoms with van der Waals surface area (Å²) >= 11 is 6.30. The third kappa shape index (κ3) is 6.49. The minimum absolute atomic E-state index is 0.0342. The molecule has 0 amide bonds. The van der Waals surface area contributed by atoms with Gasteiger partial charge in [0.2, 0.25) is 10.0 Å². The summed E-state index contributed by atoms with van der Waals surface area (Å²) in [7, 11) is -9.00. The number of carbonyl (C=O) groups is 1. The van der Waals surface area contributed by atoms with Gasteiger partial charge >= 0.3 is 5.97 Å². The minimum atomic E-state index is -4.53. The maximum Gasteiger partial charge on any atom is 0.357 e. The number of hydrogen-bond acceptors (Lipinski definition) is 9. The Kier molecular flexibility index (Phi) is 9.35. The fraction of sp³-hybridized carbons (Fsp3) is 0.212. The zero-order valence-corrected chi connectivity index (χ0v) is 27.5. The monoisotopic (exact) mass is 695 g/mol. The number of pyridine rings is 1. The number of esters is 1. The second-order valence-electron chi connectivity index (χ2n) is 10.6. The Morgan fingerprint density at radius 2 is 1.72 bits per heavy atom. The number of morpholine rings is 1. The Balaban J connectivity index is 1.34. The highest BCUT2D eigenvalue weighted by molar-refractivity contribution is 7.91. The van der Waals surface area contributed by atoms with Crippen LogP contribution in [0.25, 0.3) is 22.0 Å². The zero-order valence-electron chi connectivity index (χ0n) is 25.2. The van der Waals surface area contributed by atoms with Gasteiger partial charge in [0, 0.05) is 35.9 Å². The predicted molar refractivity (Wildman–Crippen MR) is 176 cm³/mol. The summed E-state index contributed by atoms with van der Waals surface area (Å²) in [5.74, 6) is -0.546. The molecule has 0 bridgehead atoms. The first kappa shape index (κ1) is 32.7. The van der Waals surface area contributed by atoms with Crippen LogP contribution < -0.4 is 4.74 Å². The predicted octanol–water partition coefficient (Wildman–Crippen LogP) is 5.24. The van der Waals surface area contributed by atoms with E-state index in [1.54, 1.807) is 37.5 Å². The van der Waals surface area contributed by atoms with Crippen LogP contribution in [-0.2, 0) is 29.5 Å². The quantitative estimate of drug-likeness (QED) is 0.180. The van der Waals surface area contributed by atoms with E-state index >= 15 is 0 Å². The summed E-state index contributed by atoms with van der Waals surface area (Å²) in [5.41, 5.74) is 1.24. The van der Waals surface area contributed by atoms with Gasteiger partial charge in [-0.25, -0.2) is 25.6 Å². The van der Waals surface area contributed by atoms with Crippen LogP contribution in [0.4, 0.5) is 0 Å². The molecule has 1 aliphatic rings. The molecule has 11 nitrogen and oxygen atoms in total. The second kappa shape index (κ2) is 13.5. The molecule has 2 aromatic heterocycles. The zero-order chi connectivity index (χ0) is 33.2. The van der Waals surface area contributed by atoms with Gasteiger partial charge in [0.25, 0.3) is 10.0 Å². The molecule has 0 aliphatic carbocycles. The highest BCUT2D eigenvalue weighted by Gasteiger charge is 2.41. The minimum Gasteiger partial charge on any atom is -0.491 e. The van der Waals surface area contributed by atoms with Gasteiger partial charge in [0.05, 0.1) is 23.6 Å². The summed E-state index contributed by atoms with van der Waals surface area (Å²) in [5, 5.41) is 0.120. The van der Waals surface area contributed by atoms with E-state index in [1.807, 2.05) is 24.3 Å². The van der Waals surface area contributed by atoms with E-state index in [4.69, 9.17) is 25.8 Å². The van der Waals surface area contributed by atoms with Crippen LogP contribution in [0.5, 0.6) is 5.75 Å². The second-order valence-corrected chi connectivity index (χ2v) is 14.7. The van der Waals surface area contributed by atoms with Crippen LogP contribution in [0.15, 0.2) is 107 Å². The van der Waals surface area contributed by atoms with Crippen molar-refractivity contribution in [2.75, 3.05) is 32.9 Å². The van der Waals surface area contributed by atoms with Gasteiger partial charge in [0.1, 0.15) is 23.4 Å². The average Bonchev–Trinajstić information content (AvgIpc) is 3.45. The Morgan fingerprint density at radius 3 is 2.43 bits per heavy atom. The van der Waals surface area contributed by atoms with Crippen molar-refractivity contribution in [3.05, 3.63) is 108 Å². The standard InChI is InChI=1S/C33H30ClN3O8S2/c1-2-43-33(38)31-32(29-19-25(34)12-15-30(29)37(31)46(39,40)28-8-4-3-5-9-28)47(41,42)36-17-18-44-27(21-36)22-45-26-13-10-23(11-14-26)24-7-6-16-35-20-24/h3-16,19-20,27H,2,17-18,21-22H2,1H3/t27-/m0/s1. The smallest absolute Gasteiger partial charge is 0.357 e. The van der Waals surface area contributed by atoms with E-state index in [1.165, 1.54) is 42.5 Å². The fourth-order valence-electron chi connectivity index (χ4n) is 5.40. The molecule has 6 rings (SSSR count). The summed E-state index contributed by atoms with van der Waals surface area (Å²) in [6, 6.07) is 22.8. The van der Waals surface area contributed by atoms with Gasteiger partial charge in [-0.2, -0.15) is 4.31 Å². The molecule has 0 unspecified atom stereocenters. The van der Waals surface area contributed by atoms with Gasteiger partial charge in [-0.1, -0.05) is 48.0 Å². The number of carbonyl (C=O) groups excluding carboxylic acids is 1. The summed E-state index contributed by atoms with van der Waals surface area (Å²) in [4.78, 5) is 17.0. The Hall–Kier alpha value is -4.27. The van der Waals surface area contributed by atoms with E-state index in [2.05, 4.69) is 4.98 Å². The van der Waals surface area contributed by atoms with Gasteiger partial charge in [0.15, 0.2) is 5.69 Å². The van der Waals surface area contributed by atoms with Gasteiger partial charge in [-0.15, -0.1) is 0 Å². The van der Waals surface area contributed by atoms with Crippen LogP contribution >= 0.6 is 11.6 Å². The van der Waals surface area contributed by atoms with E-state index < -0.39 is 42.7 Å². The summed E-state index contributed by atoms with van der Waals surface area (Å²) < 4.78 is 75.9. The molecule has 14 heteroatoms. The third-order valence-corrected chi connectivity index (χ3v) is 11.5. The maximum atomic E-state index is 14.5. The first-order valence-corrected chi connectivity index (χ1v) is 17.9. The molecule has 0 N–H and O–H groups in total. The lowest BCUT2D eigenvalue weighted by molar-refractivity contribution is -0.0249. The lowest BCUT2D eigenvalue weighted by atomic mass is 10.1. The molecule has 3 heterocycles. The molecule has 3 aromatic carbocycles. The highest BCUT2D eigenvalue weighted by Crippen LogP contribution is 2.37. The van der Waals surface area contributed by atoms with E-state index in [0.717, 1.165) is 19.4 Å². The number of ether oxygens (including phenoxy) is 3. The lowest BCUT2D eigenvalue weighted by Gasteiger charge is -2.32. The van der Waals surface area contributed by atoms with Crippen molar-refractivity contribution in [2.45, 2.75) is 22.8 Å². The molecule has 1 saturated heterocycles. The normalized spacial score (nSPS) is 15.8. The number of aromatic nitrogens is 2. The number of rotatable bonds is 10.